The Bertz CT molecular complexity index is 543. The van der Waals surface area contributed by atoms with Crippen molar-refractivity contribution in [3.05, 3.63) is 29.3 Å². The smallest absolute Gasteiger partial charge is 0.243 e. The normalized spacial score (nSPS) is 15.5. The van der Waals surface area contributed by atoms with Crippen LogP contribution in [-0.2, 0) is 23.0 Å². The number of rotatable bonds is 5. The molecule has 19 heavy (non-hydrogen) atoms. The van der Waals surface area contributed by atoms with Gasteiger partial charge in [0.15, 0.2) is 0 Å². The molecular weight excluding hydrogens is 264 g/mol. The molecule has 1 aromatic carbocycles. The Morgan fingerprint density at radius 2 is 2.21 bits per heavy atom. The van der Waals surface area contributed by atoms with E-state index in [1.54, 1.807) is 19.1 Å². The molecule has 1 aromatic rings. The van der Waals surface area contributed by atoms with E-state index in [1.807, 2.05) is 6.07 Å². The maximum Gasteiger partial charge on any atom is 0.243 e. The number of hydrogen-bond acceptors (Lipinski definition) is 4. The van der Waals surface area contributed by atoms with Gasteiger partial charge in [0.2, 0.25) is 10.0 Å². The molecule has 0 aromatic heterocycles. The highest BCUT2D eigenvalue weighted by Gasteiger charge is 2.27. The second kappa shape index (κ2) is 6.00. The largest absolute Gasteiger partial charge is 0.395 e. The summed E-state index contributed by atoms with van der Waals surface area (Å²) in [5.74, 6) is 0. The van der Waals surface area contributed by atoms with E-state index < -0.39 is 10.0 Å². The molecule has 0 bridgehead atoms. The lowest BCUT2D eigenvalue weighted by Crippen LogP contribution is -2.35. The lowest BCUT2D eigenvalue weighted by Gasteiger charge is -2.24. The minimum Gasteiger partial charge on any atom is -0.395 e. The summed E-state index contributed by atoms with van der Waals surface area (Å²) in [4.78, 5) is 0.391. The average molecular weight is 284 g/mol. The predicted molar refractivity (Wildman–Crippen MR) is 73.4 cm³/mol. The van der Waals surface area contributed by atoms with Gasteiger partial charge < -0.3 is 10.4 Å². The zero-order valence-electron chi connectivity index (χ0n) is 11.1. The molecule has 0 amide bonds. The van der Waals surface area contributed by atoms with Crippen LogP contribution in [0.2, 0.25) is 0 Å². The van der Waals surface area contributed by atoms with Crippen LogP contribution in [0.1, 0.15) is 18.1 Å². The molecule has 1 aliphatic heterocycles. The van der Waals surface area contributed by atoms with E-state index in [4.69, 9.17) is 5.11 Å². The fourth-order valence-corrected chi connectivity index (χ4v) is 4.17. The summed E-state index contributed by atoms with van der Waals surface area (Å²) in [5, 5.41) is 12.2. The number of aliphatic hydroxyl groups excluding tert-OH is 1. The summed E-state index contributed by atoms with van der Waals surface area (Å²) < 4.78 is 26.6. The second-order valence-electron chi connectivity index (χ2n) is 4.54. The maximum absolute atomic E-state index is 12.6. The molecule has 0 spiro atoms. The number of hydrogen-bond donors (Lipinski definition) is 2. The number of sulfonamides is 1. The van der Waals surface area contributed by atoms with Crippen molar-refractivity contribution in [2.75, 3.05) is 26.2 Å². The Morgan fingerprint density at radius 1 is 1.42 bits per heavy atom. The molecule has 5 nitrogen and oxygen atoms in total. The van der Waals surface area contributed by atoms with Crippen molar-refractivity contribution in [3.8, 4) is 0 Å². The minimum absolute atomic E-state index is 0.140. The van der Waals surface area contributed by atoms with E-state index in [0.717, 1.165) is 24.1 Å². The van der Waals surface area contributed by atoms with Gasteiger partial charge in [0.05, 0.1) is 11.5 Å². The van der Waals surface area contributed by atoms with Crippen molar-refractivity contribution >= 4 is 10.0 Å². The first-order chi connectivity index (χ1) is 9.11. The van der Waals surface area contributed by atoms with Crippen molar-refractivity contribution in [3.63, 3.8) is 0 Å². The number of nitrogens with zero attached hydrogens (tertiary/aromatic N) is 1. The molecule has 0 fully saturated rings. The summed E-state index contributed by atoms with van der Waals surface area (Å²) in [6, 6.07) is 5.41. The van der Waals surface area contributed by atoms with Crippen molar-refractivity contribution in [2.24, 2.45) is 0 Å². The fourth-order valence-electron chi connectivity index (χ4n) is 2.44. The zero-order valence-corrected chi connectivity index (χ0v) is 11.9. The first-order valence-electron chi connectivity index (χ1n) is 6.53. The molecule has 2 N–H and O–H groups in total. The molecule has 0 unspecified atom stereocenters. The van der Waals surface area contributed by atoms with Crippen molar-refractivity contribution < 1.29 is 13.5 Å². The van der Waals surface area contributed by atoms with Crippen LogP contribution in [0.4, 0.5) is 0 Å². The Kier molecular flexibility index (Phi) is 4.57. The maximum atomic E-state index is 12.6. The number of fused-ring (bicyclic) bond motifs is 1. The van der Waals surface area contributed by atoms with Crippen molar-refractivity contribution in [1.82, 2.24) is 9.62 Å². The average Bonchev–Trinajstić information content (AvgIpc) is 2.43. The lowest BCUT2D eigenvalue weighted by atomic mass is 10.0. The Balaban J connectivity index is 2.45. The third-order valence-corrected chi connectivity index (χ3v) is 5.48. The van der Waals surface area contributed by atoms with Gasteiger partial charge in [0, 0.05) is 19.6 Å². The van der Waals surface area contributed by atoms with Crippen LogP contribution in [0, 0.1) is 0 Å². The molecule has 6 heteroatoms. The van der Waals surface area contributed by atoms with Crippen LogP contribution in [0.25, 0.3) is 0 Å². The highest BCUT2D eigenvalue weighted by molar-refractivity contribution is 7.89. The lowest BCUT2D eigenvalue weighted by molar-refractivity contribution is 0.257. The van der Waals surface area contributed by atoms with Gasteiger partial charge in [-0.2, -0.15) is 4.31 Å². The molecule has 106 valence electrons. The second-order valence-corrected chi connectivity index (χ2v) is 6.45. The van der Waals surface area contributed by atoms with Gasteiger partial charge in [0.25, 0.3) is 0 Å². The fraction of sp³-hybridized carbons (Fsp3) is 0.538. The van der Waals surface area contributed by atoms with Crippen LogP contribution in [0.15, 0.2) is 23.1 Å². The highest BCUT2D eigenvalue weighted by atomic mass is 32.2. The highest BCUT2D eigenvalue weighted by Crippen LogP contribution is 2.25. The summed E-state index contributed by atoms with van der Waals surface area (Å²) in [6.07, 6.45) is 0.724. The molecule has 1 heterocycles. The first-order valence-corrected chi connectivity index (χ1v) is 7.97. The molecular formula is C13H20N2O3S. The monoisotopic (exact) mass is 284 g/mol. The number of likely N-dealkylation sites (N-methyl/N-ethyl adjacent to an activating group) is 1. The Hall–Kier alpha value is -0.950. The standard InChI is InChI=1S/C13H20N2O3S/c1-2-15(8-9-16)19(17,18)13-5-3-4-11-10-14-7-6-12(11)13/h3-5,14,16H,2,6-10H2,1H3. The van der Waals surface area contributed by atoms with Crippen molar-refractivity contribution in [1.29, 1.82) is 0 Å². The minimum atomic E-state index is -3.51. The van der Waals surface area contributed by atoms with Crippen LogP contribution in [0.5, 0.6) is 0 Å². The molecule has 0 aliphatic carbocycles. The predicted octanol–water partition coefficient (Wildman–Crippen LogP) is 0.335. The third kappa shape index (κ3) is 2.81. The molecule has 1 aliphatic rings. The van der Waals surface area contributed by atoms with Gasteiger partial charge in [0.1, 0.15) is 0 Å². The summed E-state index contributed by atoms with van der Waals surface area (Å²) >= 11 is 0. The van der Waals surface area contributed by atoms with E-state index >= 15 is 0 Å². The molecule has 0 saturated carbocycles. The molecule has 0 radical (unpaired) electrons. The van der Waals surface area contributed by atoms with Crippen LogP contribution < -0.4 is 5.32 Å². The topological polar surface area (TPSA) is 69.6 Å². The van der Waals surface area contributed by atoms with E-state index in [1.165, 1.54) is 4.31 Å². The molecule has 2 rings (SSSR count). The number of aliphatic hydroxyl groups is 1. The summed E-state index contributed by atoms with van der Waals surface area (Å²) in [5.41, 5.74) is 1.96. The SMILES string of the molecule is CCN(CCO)S(=O)(=O)c1cccc2c1CCNC2. The summed E-state index contributed by atoms with van der Waals surface area (Å²) in [6.45, 7) is 3.63. The molecule has 0 saturated heterocycles. The van der Waals surface area contributed by atoms with Crippen LogP contribution >= 0.6 is 0 Å². The number of benzene rings is 1. The third-order valence-electron chi connectivity index (χ3n) is 3.42. The number of nitrogens with one attached hydrogen (secondary N) is 1. The summed E-state index contributed by atoms with van der Waals surface area (Å²) in [7, 11) is -3.51. The van der Waals surface area contributed by atoms with Gasteiger partial charge in [-0.3, -0.25) is 0 Å². The van der Waals surface area contributed by atoms with Crippen LogP contribution in [-0.4, -0.2) is 44.1 Å². The van der Waals surface area contributed by atoms with Gasteiger partial charge in [-0.05, 0) is 30.2 Å². The zero-order chi connectivity index (χ0) is 13.9. The quantitative estimate of drug-likeness (QED) is 0.818. The van der Waals surface area contributed by atoms with Gasteiger partial charge in [-0.25, -0.2) is 8.42 Å². The van der Waals surface area contributed by atoms with E-state index in [-0.39, 0.29) is 13.2 Å². The van der Waals surface area contributed by atoms with Gasteiger partial charge in [-0.15, -0.1) is 0 Å². The van der Waals surface area contributed by atoms with Gasteiger partial charge >= 0.3 is 0 Å². The van der Waals surface area contributed by atoms with E-state index in [0.29, 0.717) is 18.0 Å². The van der Waals surface area contributed by atoms with Gasteiger partial charge in [-0.1, -0.05) is 19.1 Å². The van der Waals surface area contributed by atoms with Crippen molar-refractivity contribution in [2.45, 2.75) is 24.8 Å². The van der Waals surface area contributed by atoms with Crippen LogP contribution in [0.3, 0.4) is 0 Å². The Labute approximate surface area is 114 Å². The first kappa shape index (κ1) is 14.5. The molecule has 0 atom stereocenters. The Morgan fingerprint density at radius 3 is 2.89 bits per heavy atom. The van der Waals surface area contributed by atoms with E-state index in [2.05, 4.69) is 5.32 Å². The van der Waals surface area contributed by atoms with E-state index in [9.17, 15) is 8.42 Å².